The molecular formula is C17H24N2OS. The molecule has 1 unspecified atom stereocenters. The predicted molar refractivity (Wildman–Crippen MR) is 90.1 cm³/mol. The first-order valence-electron chi connectivity index (χ1n) is 7.42. The van der Waals surface area contributed by atoms with Crippen molar-refractivity contribution in [1.29, 1.82) is 0 Å². The second-order valence-electron chi connectivity index (χ2n) is 5.65. The molecule has 1 aromatic carbocycles. The van der Waals surface area contributed by atoms with Gasteiger partial charge in [0.25, 0.3) is 0 Å². The molecule has 2 rings (SSSR count). The number of rotatable bonds is 5. The first-order valence-corrected chi connectivity index (χ1v) is 8.30. The van der Waals surface area contributed by atoms with Crippen LogP contribution in [0.25, 0.3) is 11.3 Å². The summed E-state index contributed by atoms with van der Waals surface area (Å²) in [7, 11) is 0. The number of hydrogen-bond acceptors (Lipinski definition) is 4. The fraction of sp³-hybridized carbons (Fsp3) is 0.471. The third-order valence-electron chi connectivity index (χ3n) is 3.47. The highest BCUT2D eigenvalue weighted by atomic mass is 32.1. The summed E-state index contributed by atoms with van der Waals surface area (Å²) in [5.41, 5.74) is 10.5. The van der Waals surface area contributed by atoms with Gasteiger partial charge >= 0.3 is 0 Å². The molecule has 0 aliphatic rings. The molecule has 114 valence electrons. The van der Waals surface area contributed by atoms with Crippen molar-refractivity contribution < 1.29 is 4.74 Å². The SMILES string of the molecule is CCOc1cc(C)c(-c2csc(C(C)N)n2)cc1C(C)C. The van der Waals surface area contributed by atoms with E-state index in [0.717, 1.165) is 16.5 Å². The predicted octanol–water partition coefficient (Wildman–Crippen LogP) is 4.66. The minimum Gasteiger partial charge on any atom is -0.494 e. The van der Waals surface area contributed by atoms with Crippen LogP contribution in [-0.2, 0) is 0 Å². The highest BCUT2D eigenvalue weighted by Gasteiger charge is 2.15. The molecule has 0 saturated heterocycles. The van der Waals surface area contributed by atoms with Crippen molar-refractivity contribution in [3.05, 3.63) is 33.6 Å². The van der Waals surface area contributed by atoms with Crippen LogP contribution in [0.2, 0.25) is 0 Å². The highest BCUT2D eigenvalue weighted by molar-refractivity contribution is 7.10. The van der Waals surface area contributed by atoms with Crippen LogP contribution in [0.4, 0.5) is 0 Å². The van der Waals surface area contributed by atoms with Gasteiger partial charge in [-0.2, -0.15) is 0 Å². The fourth-order valence-electron chi connectivity index (χ4n) is 2.33. The van der Waals surface area contributed by atoms with E-state index in [1.165, 1.54) is 16.7 Å². The van der Waals surface area contributed by atoms with Gasteiger partial charge in [-0.15, -0.1) is 11.3 Å². The molecule has 0 saturated carbocycles. The lowest BCUT2D eigenvalue weighted by molar-refractivity contribution is 0.335. The van der Waals surface area contributed by atoms with E-state index in [0.29, 0.717) is 12.5 Å². The number of nitrogens with zero attached hydrogens (tertiary/aromatic N) is 1. The van der Waals surface area contributed by atoms with Crippen LogP contribution >= 0.6 is 11.3 Å². The van der Waals surface area contributed by atoms with Crippen LogP contribution in [0, 0.1) is 6.92 Å². The molecule has 21 heavy (non-hydrogen) atoms. The van der Waals surface area contributed by atoms with E-state index in [4.69, 9.17) is 10.5 Å². The smallest absolute Gasteiger partial charge is 0.123 e. The minimum atomic E-state index is -0.0173. The zero-order valence-electron chi connectivity index (χ0n) is 13.4. The third kappa shape index (κ3) is 3.44. The molecule has 1 atom stereocenters. The number of aromatic nitrogens is 1. The average molecular weight is 304 g/mol. The zero-order valence-corrected chi connectivity index (χ0v) is 14.3. The third-order valence-corrected chi connectivity index (χ3v) is 4.51. The number of aryl methyl sites for hydroxylation is 1. The lowest BCUT2D eigenvalue weighted by atomic mass is 9.95. The Morgan fingerprint density at radius 3 is 2.52 bits per heavy atom. The second-order valence-corrected chi connectivity index (χ2v) is 6.54. The Hall–Kier alpha value is -1.39. The van der Waals surface area contributed by atoms with E-state index in [2.05, 4.69) is 43.3 Å². The Morgan fingerprint density at radius 2 is 2.00 bits per heavy atom. The Kier molecular flexibility index (Phi) is 5.01. The Morgan fingerprint density at radius 1 is 1.29 bits per heavy atom. The van der Waals surface area contributed by atoms with Gasteiger partial charge in [0, 0.05) is 10.9 Å². The van der Waals surface area contributed by atoms with Crippen LogP contribution in [0.1, 0.15) is 55.8 Å². The summed E-state index contributed by atoms with van der Waals surface area (Å²) in [4.78, 5) is 4.67. The Balaban J connectivity index is 2.50. The molecule has 0 amide bonds. The minimum absolute atomic E-state index is 0.0173. The molecular weight excluding hydrogens is 280 g/mol. The molecule has 0 radical (unpaired) electrons. The van der Waals surface area contributed by atoms with Crippen LogP contribution in [0.5, 0.6) is 5.75 Å². The first-order chi connectivity index (χ1) is 9.93. The van der Waals surface area contributed by atoms with Crippen LogP contribution in [0.15, 0.2) is 17.5 Å². The van der Waals surface area contributed by atoms with Gasteiger partial charge in [-0.05, 0) is 49.9 Å². The number of hydrogen-bond donors (Lipinski definition) is 1. The summed E-state index contributed by atoms with van der Waals surface area (Å²) >= 11 is 1.62. The van der Waals surface area contributed by atoms with Crippen molar-refractivity contribution in [3.8, 4) is 17.0 Å². The molecule has 0 aliphatic heterocycles. The number of nitrogens with two attached hydrogens (primary N) is 1. The second kappa shape index (κ2) is 6.58. The Bertz CT molecular complexity index is 617. The van der Waals surface area contributed by atoms with Gasteiger partial charge in [-0.1, -0.05) is 13.8 Å². The quantitative estimate of drug-likeness (QED) is 0.874. The van der Waals surface area contributed by atoms with E-state index in [9.17, 15) is 0 Å². The van der Waals surface area contributed by atoms with E-state index < -0.39 is 0 Å². The van der Waals surface area contributed by atoms with Gasteiger partial charge in [0.15, 0.2) is 0 Å². The largest absolute Gasteiger partial charge is 0.494 e. The average Bonchev–Trinajstić information content (AvgIpc) is 2.88. The lowest BCUT2D eigenvalue weighted by Crippen LogP contribution is -2.04. The monoisotopic (exact) mass is 304 g/mol. The number of thiazole rings is 1. The van der Waals surface area contributed by atoms with Gasteiger partial charge in [0.05, 0.1) is 18.3 Å². The normalized spacial score (nSPS) is 12.7. The zero-order chi connectivity index (χ0) is 15.6. The van der Waals surface area contributed by atoms with Crippen LogP contribution in [0.3, 0.4) is 0 Å². The molecule has 0 aliphatic carbocycles. The molecule has 2 aromatic rings. The molecule has 0 spiro atoms. The summed E-state index contributed by atoms with van der Waals surface area (Å²) in [6.45, 7) is 11.1. The standard InChI is InChI=1S/C17H24N2OS/c1-6-20-16-7-11(4)14(8-13(16)10(2)3)15-9-21-17(19-15)12(5)18/h7-10,12H,6,18H2,1-5H3. The summed E-state index contributed by atoms with van der Waals surface area (Å²) in [6.07, 6.45) is 0. The van der Waals surface area contributed by atoms with E-state index in [1.54, 1.807) is 11.3 Å². The maximum absolute atomic E-state index is 5.91. The van der Waals surface area contributed by atoms with Crippen LogP contribution < -0.4 is 10.5 Å². The van der Waals surface area contributed by atoms with Gasteiger partial charge in [-0.25, -0.2) is 4.98 Å². The van der Waals surface area contributed by atoms with E-state index in [-0.39, 0.29) is 6.04 Å². The van der Waals surface area contributed by atoms with Gasteiger partial charge in [0.1, 0.15) is 10.8 Å². The van der Waals surface area contributed by atoms with Crippen molar-refractivity contribution in [2.75, 3.05) is 6.61 Å². The van der Waals surface area contributed by atoms with E-state index in [1.807, 2.05) is 13.8 Å². The van der Waals surface area contributed by atoms with E-state index >= 15 is 0 Å². The first kappa shape index (κ1) is 16.0. The molecule has 0 bridgehead atoms. The molecule has 4 heteroatoms. The molecule has 0 fully saturated rings. The molecule has 3 nitrogen and oxygen atoms in total. The molecule has 1 heterocycles. The van der Waals surface area contributed by atoms with Gasteiger partial charge < -0.3 is 10.5 Å². The Labute approximate surface area is 131 Å². The maximum Gasteiger partial charge on any atom is 0.123 e. The number of ether oxygens (including phenoxy) is 1. The lowest BCUT2D eigenvalue weighted by Gasteiger charge is -2.16. The summed E-state index contributed by atoms with van der Waals surface area (Å²) in [5.74, 6) is 1.40. The maximum atomic E-state index is 5.91. The molecule has 2 N–H and O–H groups in total. The summed E-state index contributed by atoms with van der Waals surface area (Å²) in [5, 5.41) is 3.07. The van der Waals surface area contributed by atoms with Crippen molar-refractivity contribution in [1.82, 2.24) is 4.98 Å². The molecule has 1 aromatic heterocycles. The summed E-state index contributed by atoms with van der Waals surface area (Å²) < 4.78 is 5.78. The van der Waals surface area contributed by atoms with Crippen molar-refractivity contribution >= 4 is 11.3 Å². The fourth-order valence-corrected chi connectivity index (χ4v) is 3.10. The highest BCUT2D eigenvalue weighted by Crippen LogP contribution is 2.35. The van der Waals surface area contributed by atoms with Crippen molar-refractivity contribution in [2.45, 2.75) is 46.6 Å². The number of benzene rings is 1. The van der Waals surface area contributed by atoms with Gasteiger partial charge in [0.2, 0.25) is 0 Å². The topological polar surface area (TPSA) is 48.1 Å². The van der Waals surface area contributed by atoms with Crippen LogP contribution in [-0.4, -0.2) is 11.6 Å². The van der Waals surface area contributed by atoms with Gasteiger partial charge in [-0.3, -0.25) is 0 Å². The van der Waals surface area contributed by atoms with Crippen molar-refractivity contribution in [3.63, 3.8) is 0 Å². The summed E-state index contributed by atoms with van der Waals surface area (Å²) in [6, 6.07) is 4.32. The van der Waals surface area contributed by atoms with Crippen molar-refractivity contribution in [2.24, 2.45) is 5.73 Å².